The standard InChI is InChI=1S/C10H7BrN3O3/c1-17-9-3-2-6(11)4-7(9)8-5-12-13-10(8)14(15)16/h2-5H,1H3. The maximum absolute atomic E-state index is 10.8. The molecule has 0 aromatic heterocycles. The topological polar surface area (TPSA) is 78.8 Å². The first-order chi connectivity index (χ1) is 8.13. The van der Waals surface area contributed by atoms with Gasteiger partial charge in [0.25, 0.3) is 0 Å². The van der Waals surface area contributed by atoms with Gasteiger partial charge in [-0.3, -0.25) is 0 Å². The number of halogens is 1. The van der Waals surface area contributed by atoms with Crippen LogP contribution in [0.3, 0.4) is 0 Å². The van der Waals surface area contributed by atoms with Crippen LogP contribution in [0.15, 0.2) is 34.0 Å². The fraction of sp³-hybridized carbons (Fsp3) is 0.100. The van der Waals surface area contributed by atoms with E-state index in [1.165, 1.54) is 13.3 Å². The molecule has 7 heteroatoms. The maximum Gasteiger partial charge on any atom is 0.400 e. The van der Waals surface area contributed by atoms with Crippen molar-refractivity contribution in [2.75, 3.05) is 7.11 Å². The summed E-state index contributed by atoms with van der Waals surface area (Å²) in [6.45, 7) is 0. The van der Waals surface area contributed by atoms with Gasteiger partial charge in [-0.15, -0.1) is 0 Å². The summed E-state index contributed by atoms with van der Waals surface area (Å²) in [7, 11) is 1.50. The molecule has 0 saturated carbocycles. The molecule has 1 radical (unpaired) electrons. The fourth-order valence-electron chi connectivity index (χ4n) is 1.47. The lowest BCUT2D eigenvalue weighted by Crippen LogP contribution is -2.12. The van der Waals surface area contributed by atoms with E-state index in [1.807, 2.05) is 0 Å². The molecule has 1 aromatic carbocycles. The second kappa shape index (κ2) is 4.54. The smallest absolute Gasteiger partial charge is 0.400 e. The molecule has 0 N–H and O–H groups in total. The molecule has 0 atom stereocenters. The molecule has 17 heavy (non-hydrogen) atoms. The fourth-order valence-corrected chi connectivity index (χ4v) is 1.83. The number of rotatable bonds is 2. The van der Waals surface area contributed by atoms with E-state index >= 15 is 0 Å². The van der Waals surface area contributed by atoms with Gasteiger partial charge in [0.05, 0.1) is 18.4 Å². The molecular formula is C10H7BrN3O3. The van der Waals surface area contributed by atoms with Gasteiger partial charge in [-0.25, -0.2) is 0 Å². The zero-order valence-electron chi connectivity index (χ0n) is 8.75. The van der Waals surface area contributed by atoms with Crippen LogP contribution in [0, 0.1) is 10.1 Å². The molecule has 0 unspecified atom stereocenters. The molecule has 0 fully saturated rings. The first-order valence-electron chi connectivity index (χ1n) is 4.60. The summed E-state index contributed by atoms with van der Waals surface area (Å²) in [4.78, 5) is 10.2. The van der Waals surface area contributed by atoms with Crippen LogP contribution in [0.2, 0.25) is 0 Å². The Morgan fingerprint density at radius 3 is 2.88 bits per heavy atom. The number of hydrogen-bond donors (Lipinski definition) is 0. The van der Waals surface area contributed by atoms with E-state index in [0.29, 0.717) is 16.9 Å². The molecule has 0 spiro atoms. The Kier molecular flexibility index (Phi) is 3.10. The van der Waals surface area contributed by atoms with Gasteiger partial charge < -0.3 is 14.9 Å². The van der Waals surface area contributed by atoms with Crippen molar-refractivity contribution in [1.29, 1.82) is 0 Å². The van der Waals surface area contributed by atoms with Crippen LogP contribution in [-0.4, -0.2) is 17.9 Å². The Morgan fingerprint density at radius 2 is 2.24 bits per heavy atom. The van der Waals surface area contributed by atoms with Crippen molar-refractivity contribution in [2.45, 2.75) is 0 Å². The van der Waals surface area contributed by atoms with E-state index in [-0.39, 0.29) is 5.84 Å². The van der Waals surface area contributed by atoms with E-state index < -0.39 is 4.92 Å². The highest BCUT2D eigenvalue weighted by Crippen LogP contribution is 2.31. The lowest BCUT2D eigenvalue weighted by molar-refractivity contribution is -0.347. The number of benzene rings is 1. The van der Waals surface area contributed by atoms with E-state index in [1.54, 1.807) is 18.2 Å². The van der Waals surface area contributed by atoms with Gasteiger partial charge in [-0.2, -0.15) is 0 Å². The molecule has 0 aliphatic carbocycles. The van der Waals surface area contributed by atoms with Crippen LogP contribution in [0.5, 0.6) is 5.75 Å². The largest absolute Gasteiger partial charge is 0.496 e. The van der Waals surface area contributed by atoms with Crippen molar-refractivity contribution >= 4 is 27.3 Å². The monoisotopic (exact) mass is 296 g/mol. The highest BCUT2D eigenvalue weighted by atomic mass is 79.9. The van der Waals surface area contributed by atoms with Crippen LogP contribution in [0.25, 0.3) is 5.57 Å². The second-order valence-electron chi connectivity index (χ2n) is 3.18. The number of amidine groups is 1. The lowest BCUT2D eigenvalue weighted by atomic mass is 10.1. The quantitative estimate of drug-likeness (QED) is 0.618. The minimum atomic E-state index is -0.567. The van der Waals surface area contributed by atoms with Gasteiger partial charge in [0.1, 0.15) is 11.3 Å². The zero-order valence-corrected chi connectivity index (χ0v) is 10.3. The van der Waals surface area contributed by atoms with Gasteiger partial charge in [0, 0.05) is 10.0 Å². The number of nitrogens with zero attached hydrogens (tertiary/aromatic N) is 3. The molecule has 1 aliphatic rings. The number of ether oxygens (including phenoxy) is 1. The van der Waals surface area contributed by atoms with Gasteiger partial charge in [-0.05, 0) is 28.5 Å². The lowest BCUT2D eigenvalue weighted by Gasteiger charge is -2.08. The number of nitro groups is 1. The van der Waals surface area contributed by atoms with Crippen LogP contribution in [0.4, 0.5) is 0 Å². The highest BCUT2D eigenvalue weighted by Gasteiger charge is 2.29. The van der Waals surface area contributed by atoms with E-state index in [4.69, 9.17) is 4.74 Å². The Labute approximate surface area is 105 Å². The molecule has 6 nitrogen and oxygen atoms in total. The summed E-state index contributed by atoms with van der Waals surface area (Å²) in [6.07, 6.45) is 1.35. The third kappa shape index (κ3) is 2.14. The first kappa shape index (κ1) is 11.6. The summed E-state index contributed by atoms with van der Waals surface area (Å²) in [5.41, 5.74) is 4.49. The van der Waals surface area contributed by atoms with Crippen LogP contribution >= 0.6 is 15.9 Å². The summed E-state index contributed by atoms with van der Waals surface area (Å²) in [5.74, 6) is 0.257. The Bertz CT molecular complexity index is 540. The number of hydrogen-bond acceptors (Lipinski definition) is 4. The summed E-state index contributed by atoms with van der Waals surface area (Å²) in [6, 6.07) is 5.23. The van der Waals surface area contributed by atoms with E-state index in [2.05, 4.69) is 26.5 Å². The molecule has 1 aliphatic heterocycles. The van der Waals surface area contributed by atoms with E-state index in [0.717, 1.165) is 4.47 Å². The maximum atomic E-state index is 10.8. The molecular weight excluding hydrogens is 290 g/mol. The van der Waals surface area contributed by atoms with Gasteiger partial charge in [0.15, 0.2) is 0 Å². The summed E-state index contributed by atoms with van der Waals surface area (Å²) in [5, 5.41) is 14.3. The molecule has 0 amide bonds. The summed E-state index contributed by atoms with van der Waals surface area (Å²) < 4.78 is 5.96. The molecule has 2 rings (SSSR count). The predicted octanol–water partition coefficient (Wildman–Crippen LogP) is 2.01. The SMILES string of the molecule is COc1ccc(Br)cc1C1=C[N]N=C1[N+](=O)[O-]. The average Bonchev–Trinajstić information content (AvgIpc) is 2.77. The molecule has 1 heterocycles. The van der Waals surface area contributed by atoms with Gasteiger partial charge in [0.2, 0.25) is 0 Å². The third-order valence-electron chi connectivity index (χ3n) is 2.20. The minimum absolute atomic E-state index is 0.276. The predicted molar refractivity (Wildman–Crippen MR) is 65.2 cm³/mol. The number of methoxy groups -OCH3 is 1. The first-order valence-corrected chi connectivity index (χ1v) is 5.39. The van der Waals surface area contributed by atoms with Gasteiger partial charge in [-0.1, -0.05) is 15.9 Å². The van der Waals surface area contributed by atoms with Crippen LogP contribution < -0.4 is 10.2 Å². The molecule has 87 valence electrons. The Morgan fingerprint density at radius 1 is 1.47 bits per heavy atom. The van der Waals surface area contributed by atoms with Crippen molar-refractivity contribution in [2.24, 2.45) is 5.10 Å². The van der Waals surface area contributed by atoms with Crippen molar-refractivity contribution in [3.8, 4) is 5.75 Å². The van der Waals surface area contributed by atoms with Crippen molar-refractivity contribution in [3.05, 3.63) is 44.5 Å². The molecule has 1 aromatic rings. The van der Waals surface area contributed by atoms with Crippen molar-refractivity contribution in [1.82, 2.24) is 5.43 Å². The van der Waals surface area contributed by atoms with Crippen LogP contribution in [-0.2, 0) is 0 Å². The van der Waals surface area contributed by atoms with Crippen molar-refractivity contribution in [3.63, 3.8) is 0 Å². The normalized spacial score (nSPS) is 13.8. The molecule has 0 saturated heterocycles. The second-order valence-corrected chi connectivity index (χ2v) is 4.10. The van der Waals surface area contributed by atoms with Crippen LogP contribution in [0.1, 0.15) is 5.56 Å². The Hall–Kier alpha value is -1.89. The third-order valence-corrected chi connectivity index (χ3v) is 2.70. The average molecular weight is 297 g/mol. The van der Waals surface area contributed by atoms with Crippen molar-refractivity contribution < 1.29 is 9.66 Å². The molecule has 0 bridgehead atoms. The van der Waals surface area contributed by atoms with Gasteiger partial charge >= 0.3 is 5.84 Å². The Balaban J connectivity index is 2.51. The minimum Gasteiger partial charge on any atom is -0.496 e. The highest BCUT2D eigenvalue weighted by molar-refractivity contribution is 9.10. The zero-order chi connectivity index (χ0) is 12.4. The summed E-state index contributed by atoms with van der Waals surface area (Å²) >= 11 is 3.31. The van der Waals surface area contributed by atoms with E-state index in [9.17, 15) is 10.1 Å².